The van der Waals surface area contributed by atoms with Crippen LogP contribution < -0.4 is 4.35 Å². The first kappa shape index (κ1) is 20.0. The fourth-order valence-electron chi connectivity index (χ4n) is 3.14. The maximum absolute atomic E-state index is 10.1. The van der Waals surface area contributed by atoms with E-state index in [1.165, 1.54) is 21.4 Å². The molecule has 140 valence electrons. The van der Waals surface area contributed by atoms with Crippen molar-refractivity contribution >= 4 is 36.7 Å². The molecule has 2 heterocycles. The summed E-state index contributed by atoms with van der Waals surface area (Å²) in [5, 5.41) is 38.9. The number of aliphatic hydroxyl groups excluding tert-OH is 4. The zero-order valence-corrected chi connectivity index (χ0v) is 17.4. The van der Waals surface area contributed by atoms with E-state index in [0.29, 0.717) is 6.42 Å². The van der Waals surface area contributed by atoms with E-state index in [1.54, 1.807) is 0 Å². The Hall–Kier alpha value is 0.278. The molecule has 0 aromatic heterocycles. The second kappa shape index (κ2) is 9.47. The van der Waals surface area contributed by atoms with Crippen molar-refractivity contribution in [2.24, 2.45) is 0 Å². The second-order valence-electron chi connectivity index (χ2n) is 6.35. The van der Waals surface area contributed by atoms with Crippen LogP contribution in [0, 0.1) is 0 Å². The molecule has 2 fully saturated rings. The molecule has 1 aromatic rings. The topological polar surface area (TPSA) is 90.2 Å². The fourth-order valence-corrected chi connectivity index (χ4v) is 17.3. The predicted molar refractivity (Wildman–Crippen MR) is 103 cm³/mol. The molecule has 0 bridgehead atoms. The van der Waals surface area contributed by atoms with Gasteiger partial charge in [-0.25, -0.2) is 0 Å². The normalized spacial score (nSPS) is 33.7. The van der Waals surface area contributed by atoms with E-state index in [2.05, 4.69) is 44.3 Å². The number of aryl methyl sites for hydroxylation is 1. The van der Waals surface area contributed by atoms with Gasteiger partial charge < -0.3 is 0 Å². The first-order chi connectivity index (χ1) is 12.1. The Balaban J connectivity index is 1.48. The number of hydrogen-bond donors (Lipinski definition) is 4. The third-order valence-electron chi connectivity index (χ3n) is 4.59. The minimum atomic E-state index is -1.28. The van der Waals surface area contributed by atoms with Gasteiger partial charge in [0, 0.05) is 0 Å². The van der Waals surface area contributed by atoms with E-state index in [-0.39, 0.29) is 6.61 Å². The molecule has 2 aliphatic heterocycles. The summed E-state index contributed by atoms with van der Waals surface area (Å²) in [7, 11) is 4.28. The number of ether oxygens (including phenoxy) is 1. The molecule has 0 spiro atoms. The predicted octanol–water partition coefficient (Wildman–Crippen LogP) is 0.0269. The van der Waals surface area contributed by atoms with E-state index in [4.69, 9.17) is 4.74 Å². The van der Waals surface area contributed by atoms with Crippen molar-refractivity contribution in [2.75, 3.05) is 18.1 Å². The van der Waals surface area contributed by atoms with Crippen molar-refractivity contribution in [1.29, 1.82) is 0 Å². The second-order valence-corrected chi connectivity index (χ2v) is 18.1. The van der Waals surface area contributed by atoms with Crippen LogP contribution in [0.15, 0.2) is 24.3 Å². The monoisotopic (exact) mass is 448 g/mol. The minimum absolute atomic E-state index is 0.371. The molecule has 0 unspecified atom stereocenters. The van der Waals surface area contributed by atoms with Crippen LogP contribution in [0.3, 0.4) is 0 Å². The van der Waals surface area contributed by atoms with Gasteiger partial charge in [0.05, 0.1) is 0 Å². The van der Waals surface area contributed by atoms with E-state index < -0.39 is 42.9 Å². The average molecular weight is 448 g/mol. The first-order valence-corrected chi connectivity index (χ1v) is 16.0. The molecule has 5 nitrogen and oxygen atoms in total. The summed E-state index contributed by atoms with van der Waals surface area (Å²) >= 11 is -0.907. The summed E-state index contributed by atoms with van der Waals surface area (Å²) in [6, 6.07) is 8.90. The van der Waals surface area contributed by atoms with E-state index in [9.17, 15) is 20.4 Å². The molecule has 8 heteroatoms. The Morgan fingerprint density at radius 3 is 2.24 bits per heavy atom. The molecule has 0 saturated carbocycles. The summed E-state index contributed by atoms with van der Waals surface area (Å²) in [6.45, 7) is -0.371. The Bertz CT molecular complexity index is 538. The van der Waals surface area contributed by atoms with Crippen LogP contribution in [0.4, 0.5) is 0 Å². The van der Waals surface area contributed by atoms with Crippen LogP contribution in [0.25, 0.3) is 0 Å². The van der Waals surface area contributed by atoms with Crippen LogP contribution in [-0.2, 0) is 11.2 Å². The quantitative estimate of drug-likeness (QED) is 0.457. The van der Waals surface area contributed by atoms with Crippen molar-refractivity contribution < 1.29 is 25.2 Å². The molecule has 3 rings (SSSR count). The molecule has 0 radical (unpaired) electrons. The van der Waals surface area contributed by atoms with Gasteiger partial charge in [0.25, 0.3) is 0 Å². The average Bonchev–Trinajstić information content (AvgIpc) is 3.17. The van der Waals surface area contributed by atoms with Gasteiger partial charge in [-0.3, -0.25) is 0 Å². The molecule has 4 N–H and O–H groups in total. The van der Waals surface area contributed by atoms with E-state index in [1.807, 2.05) is 0 Å². The summed E-state index contributed by atoms with van der Waals surface area (Å²) in [5.74, 6) is 2.57. The summed E-state index contributed by atoms with van der Waals surface area (Å²) in [6.07, 6.45) is -2.78. The van der Waals surface area contributed by atoms with Gasteiger partial charge in [0.1, 0.15) is 0 Å². The first-order valence-electron chi connectivity index (χ1n) is 8.55. The van der Waals surface area contributed by atoms with Gasteiger partial charge in [-0.2, -0.15) is 0 Å². The third-order valence-corrected chi connectivity index (χ3v) is 18.3. The van der Waals surface area contributed by atoms with Crippen LogP contribution in [0.1, 0.15) is 18.4 Å². The van der Waals surface area contributed by atoms with Gasteiger partial charge in [0.2, 0.25) is 0 Å². The van der Waals surface area contributed by atoms with Gasteiger partial charge in [-0.1, -0.05) is 0 Å². The molecule has 1 aromatic carbocycles. The van der Waals surface area contributed by atoms with Crippen molar-refractivity contribution in [2.45, 2.75) is 49.8 Å². The SMILES string of the molecule is OC[C@H]1O[C@H](CCCc2ccc([As]3SCCS3)cc2)[C@H](O)[C@@H](O)[C@@H]1O. The molecular weight excluding hydrogens is 423 g/mol. The maximum atomic E-state index is 10.1. The third kappa shape index (κ3) is 4.96. The standard InChI is InChI=1S/C17H25AsO5S2/c19-10-14-16(21)17(22)15(20)13(23-14)3-1-2-11-4-6-12(7-5-11)18-24-8-9-25-18/h4-7,13-17,19-22H,1-3,8-10H2/t13-,14-,15+,16-,17-/m1/s1. The van der Waals surface area contributed by atoms with Crippen molar-refractivity contribution in [1.82, 2.24) is 0 Å². The molecule has 0 amide bonds. The number of rotatable bonds is 6. The summed E-state index contributed by atoms with van der Waals surface area (Å²) in [5.41, 5.74) is 1.26. The molecular formula is C17H25AsO5S2. The number of hydrogen-bond acceptors (Lipinski definition) is 7. The van der Waals surface area contributed by atoms with Gasteiger partial charge in [-0.15, -0.1) is 0 Å². The van der Waals surface area contributed by atoms with Gasteiger partial charge in [-0.05, 0) is 0 Å². The van der Waals surface area contributed by atoms with E-state index in [0.717, 1.165) is 12.8 Å². The van der Waals surface area contributed by atoms with Crippen molar-refractivity contribution in [3.63, 3.8) is 0 Å². The van der Waals surface area contributed by atoms with Gasteiger partial charge >= 0.3 is 160 Å². The van der Waals surface area contributed by atoms with Crippen LogP contribution in [-0.4, -0.2) is 81.4 Å². The molecule has 25 heavy (non-hydrogen) atoms. The zero-order chi connectivity index (χ0) is 17.8. The molecule has 2 aliphatic rings. The van der Waals surface area contributed by atoms with Crippen LogP contribution in [0.2, 0.25) is 0 Å². The van der Waals surface area contributed by atoms with Crippen LogP contribution in [0.5, 0.6) is 0 Å². The summed E-state index contributed by atoms with van der Waals surface area (Å²) in [4.78, 5) is 0. The Kier molecular flexibility index (Phi) is 7.58. The molecule has 0 aliphatic carbocycles. The molecule has 5 atom stereocenters. The Morgan fingerprint density at radius 1 is 0.960 bits per heavy atom. The van der Waals surface area contributed by atoms with Crippen molar-refractivity contribution in [3.05, 3.63) is 29.8 Å². The van der Waals surface area contributed by atoms with Crippen molar-refractivity contribution in [3.8, 4) is 0 Å². The number of aliphatic hydroxyl groups is 4. The summed E-state index contributed by atoms with van der Waals surface area (Å²) < 4.78 is 7.06. The Labute approximate surface area is 159 Å². The number of benzene rings is 1. The van der Waals surface area contributed by atoms with Gasteiger partial charge in [0.15, 0.2) is 0 Å². The zero-order valence-electron chi connectivity index (χ0n) is 13.9. The molecule has 2 saturated heterocycles. The van der Waals surface area contributed by atoms with Crippen LogP contribution >= 0.6 is 20.0 Å². The van der Waals surface area contributed by atoms with E-state index >= 15 is 0 Å². The Morgan fingerprint density at radius 2 is 1.60 bits per heavy atom. The fraction of sp³-hybridized carbons (Fsp3) is 0.647.